The summed E-state index contributed by atoms with van der Waals surface area (Å²) in [6, 6.07) is 14.8. The monoisotopic (exact) mass is 283 g/mol. The molecular weight excluding hydrogens is 262 g/mol. The third-order valence-corrected chi connectivity index (χ3v) is 3.97. The van der Waals surface area contributed by atoms with Crippen LogP contribution in [0.15, 0.2) is 42.5 Å². The molecule has 3 nitrogen and oxygen atoms in total. The summed E-state index contributed by atoms with van der Waals surface area (Å²) in [5.74, 6) is 1.97. The topological polar surface area (TPSA) is 30.5 Å². The Balaban J connectivity index is 1.67. The minimum absolute atomic E-state index is 0.241. The molecule has 0 spiro atoms. The number of hydrogen-bond acceptors (Lipinski definition) is 3. The fourth-order valence-corrected chi connectivity index (χ4v) is 2.75. The Hall–Kier alpha value is -2.00. The van der Waals surface area contributed by atoms with E-state index in [2.05, 4.69) is 36.5 Å². The van der Waals surface area contributed by atoms with E-state index < -0.39 is 0 Å². The number of hydrogen-bond donors (Lipinski definition) is 1. The number of ether oxygens (including phenoxy) is 2. The van der Waals surface area contributed by atoms with Crippen molar-refractivity contribution in [1.29, 1.82) is 0 Å². The lowest BCUT2D eigenvalue weighted by atomic mass is 10.1. The van der Waals surface area contributed by atoms with Crippen molar-refractivity contribution in [3.8, 4) is 11.5 Å². The van der Waals surface area contributed by atoms with Crippen LogP contribution in [0.4, 0.5) is 0 Å². The second kappa shape index (κ2) is 6.19. The van der Waals surface area contributed by atoms with Crippen molar-refractivity contribution < 1.29 is 9.47 Å². The van der Waals surface area contributed by atoms with Gasteiger partial charge in [0, 0.05) is 24.6 Å². The molecule has 110 valence electrons. The summed E-state index contributed by atoms with van der Waals surface area (Å²) in [6.07, 6.45) is 1.02. The molecule has 2 aromatic rings. The first-order chi connectivity index (χ1) is 10.3. The Morgan fingerprint density at radius 1 is 1.24 bits per heavy atom. The highest BCUT2D eigenvalue weighted by atomic mass is 16.5. The first-order valence-electron chi connectivity index (χ1n) is 7.39. The van der Waals surface area contributed by atoms with Crippen molar-refractivity contribution >= 4 is 0 Å². The van der Waals surface area contributed by atoms with Gasteiger partial charge in [0.2, 0.25) is 0 Å². The molecule has 1 heterocycles. The molecule has 0 saturated carbocycles. The van der Waals surface area contributed by atoms with Crippen molar-refractivity contribution in [2.75, 3.05) is 13.7 Å². The quantitative estimate of drug-likeness (QED) is 0.911. The Morgan fingerprint density at radius 3 is 2.95 bits per heavy atom. The Bertz CT molecular complexity index is 624. The van der Waals surface area contributed by atoms with E-state index in [1.807, 2.05) is 18.2 Å². The lowest BCUT2D eigenvalue weighted by Crippen LogP contribution is -2.18. The molecule has 0 bridgehead atoms. The molecular formula is C18H21NO2. The van der Waals surface area contributed by atoms with Crippen molar-refractivity contribution in [2.45, 2.75) is 25.9 Å². The summed E-state index contributed by atoms with van der Waals surface area (Å²) < 4.78 is 11.0. The zero-order valence-corrected chi connectivity index (χ0v) is 12.6. The largest absolute Gasteiger partial charge is 0.496 e. The number of fused-ring (bicyclic) bond motifs is 1. The highest BCUT2D eigenvalue weighted by Crippen LogP contribution is 2.27. The average molecular weight is 283 g/mol. The Kier molecular flexibility index (Phi) is 4.11. The van der Waals surface area contributed by atoms with Gasteiger partial charge in [0.15, 0.2) is 0 Å². The van der Waals surface area contributed by atoms with Gasteiger partial charge in [-0.1, -0.05) is 30.3 Å². The van der Waals surface area contributed by atoms with Crippen LogP contribution in [0.3, 0.4) is 0 Å². The van der Waals surface area contributed by atoms with Gasteiger partial charge >= 0.3 is 0 Å². The van der Waals surface area contributed by atoms with E-state index in [0.29, 0.717) is 0 Å². The SMILES string of the molecule is COc1ccccc1[C@H](C)NCc1ccc2c(c1)CCO2. The Labute approximate surface area is 125 Å². The first-order valence-corrected chi connectivity index (χ1v) is 7.39. The second-order valence-corrected chi connectivity index (χ2v) is 5.39. The van der Waals surface area contributed by atoms with Crippen molar-refractivity contribution in [3.05, 3.63) is 59.2 Å². The number of benzene rings is 2. The third-order valence-electron chi connectivity index (χ3n) is 3.97. The molecule has 1 aliphatic heterocycles. The highest BCUT2D eigenvalue weighted by molar-refractivity contribution is 5.40. The molecule has 0 unspecified atom stereocenters. The standard InChI is InChI=1S/C18H21NO2/c1-13(16-5-3-4-6-18(16)20-2)19-12-14-7-8-17-15(11-14)9-10-21-17/h3-8,11,13,19H,9-10,12H2,1-2H3/t13-/m0/s1. The fraction of sp³-hybridized carbons (Fsp3) is 0.333. The maximum atomic E-state index is 5.54. The van der Waals surface area contributed by atoms with E-state index in [1.165, 1.54) is 16.7 Å². The van der Waals surface area contributed by atoms with E-state index in [0.717, 1.165) is 31.1 Å². The maximum absolute atomic E-state index is 5.54. The normalized spacial score (nSPS) is 14.4. The average Bonchev–Trinajstić information content (AvgIpc) is 3.00. The first kappa shape index (κ1) is 14.0. The minimum Gasteiger partial charge on any atom is -0.496 e. The molecule has 0 amide bonds. The van der Waals surface area contributed by atoms with Crippen molar-refractivity contribution in [3.63, 3.8) is 0 Å². The van der Waals surface area contributed by atoms with Gasteiger partial charge in [-0.05, 0) is 30.2 Å². The minimum atomic E-state index is 0.241. The number of rotatable bonds is 5. The summed E-state index contributed by atoms with van der Waals surface area (Å²) in [5, 5.41) is 3.56. The molecule has 0 aromatic heterocycles. The lowest BCUT2D eigenvalue weighted by molar-refractivity contribution is 0.357. The number of methoxy groups -OCH3 is 1. The predicted molar refractivity (Wildman–Crippen MR) is 83.9 cm³/mol. The van der Waals surface area contributed by atoms with Crippen LogP contribution in [-0.4, -0.2) is 13.7 Å². The van der Waals surface area contributed by atoms with Gasteiger partial charge in [0.25, 0.3) is 0 Å². The van der Waals surface area contributed by atoms with Gasteiger partial charge in [0.1, 0.15) is 11.5 Å². The van der Waals surface area contributed by atoms with Gasteiger partial charge in [-0.25, -0.2) is 0 Å². The van der Waals surface area contributed by atoms with E-state index in [-0.39, 0.29) is 6.04 Å². The molecule has 1 atom stereocenters. The van der Waals surface area contributed by atoms with Gasteiger partial charge in [-0.2, -0.15) is 0 Å². The molecule has 0 fully saturated rings. The predicted octanol–water partition coefficient (Wildman–Crippen LogP) is 3.48. The number of nitrogens with one attached hydrogen (secondary N) is 1. The molecule has 1 N–H and O–H groups in total. The van der Waals surface area contributed by atoms with Crippen LogP contribution in [0, 0.1) is 0 Å². The second-order valence-electron chi connectivity index (χ2n) is 5.39. The van der Waals surface area contributed by atoms with Gasteiger partial charge < -0.3 is 14.8 Å². The van der Waals surface area contributed by atoms with Crippen molar-refractivity contribution in [1.82, 2.24) is 5.32 Å². The van der Waals surface area contributed by atoms with Crippen LogP contribution in [-0.2, 0) is 13.0 Å². The zero-order chi connectivity index (χ0) is 14.7. The van der Waals surface area contributed by atoms with Crippen LogP contribution in [0.25, 0.3) is 0 Å². The molecule has 0 aliphatic carbocycles. The van der Waals surface area contributed by atoms with E-state index in [9.17, 15) is 0 Å². The third kappa shape index (κ3) is 3.03. The molecule has 21 heavy (non-hydrogen) atoms. The van der Waals surface area contributed by atoms with Crippen molar-refractivity contribution in [2.24, 2.45) is 0 Å². The van der Waals surface area contributed by atoms with Crippen LogP contribution >= 0.6 is 0 Å². The zero-order valence-electron chi connectivity index (χ0n) is 12.6. The molecule has 1 aliphatic rings. The van der Waals surface area contributed by atoms with Gasteiger partial charge in [-0.3, -0.25) is 0 Å². The van der Waals surface area contributed by atoms with E-state index in [4.69, 9.17) is 9.47 Å². The smallest absolute Gasteiger partial charge is 0.123 e. The van der Waals surface area contributed by atoms with Crippen LogP contribution in [0.5, 0.6) is 11.5 Å². The molecule has 0 radical (unpaired) electrons. The summed E-state index contributed by atoms with van der Waals surface area (Å²) in [4.78, 5) is 0. The summed E-state index contributed by atoms with van der Waals surface area (Å²) >= 11 is 0. The van der Waals surface area contributed by atoms with E-state index in [1.54, 1.807) is 7.11 Å². The molecule has 0 saturated heterocycles. The fourth-order valence-electron chi connectivity index (χ4n) is 2.75. The maximum Gasteiger partial charge on any atom is 0.123 e. The Morgan fingerprint density at radius 2 is 2.10 bits per heavy atom. The summed E-state index contributed by atoms with van der Waals surface area (Å²) in [5.41, 5.74) is 3.80. The molecule has 3 rings (SSSR count). The van der Waals surface area contributed by atoms with Crippen LogP contribution in [0.1, 0.15) is 29.7 Å². The van der Waals surface area contributed by atoms with Crippen LogP contribution < -0.4 is 14.8 Å². The van der Waals surface area contributed by atoms with E-state index >= 15 is 0 Å². The summed E-state index contributed by atoms with van der Waals surface area (Å²) in [6.45, 7) is 3.81. The molecule has 3 heteroatoms. The number of para-hydroxylation sites is 1. The lowest BCUT2D eigenvalue weighted by Gasteiger charge is -2.17. The summed E-state index contributed by atoms with van der Waals surface area (Å²) in [7, 11) is 1.71. The van der Waals surface area contributed by atoms with Crippen LogP contribution in [0.2, 0.25) is 0 Å². The van der Waals surface area contributed by atoms with Gasteiger partial charge in [0.05, 0.1) is 13.7 Å². The highest BCUT2D eigenvalue weighted by Gasteiger charge is 2.13. The molecule has 2 aromatic carbocycles. The van der Waals surface area contributed by atoms with Gasteiger partial charge in [-0.15, -0.1) is 0 Å².